The lowest BCUT2D eigenvalue weighted by molar-refractivity contribution is -0.153. The summed E-state index contributed by atoms with van der Waals surface area (Å²) in [5.41, 5.74) is 0. The summed E-state index contributed by atoms with van der Waals surface area (Å²) in [5, 5.41) is 9.04. The van der Waals surface area contributed by atoms with E-state index in [0.717, 1.165) is 19.3 Å². The van der Waals surface area contributed by atoms with Gasteiger partial charge in [-0.3, -0.25) is 9.59 Å². The molecule has 0 aromatic rings. The van der Waals surface area contributed by atoms with E-state index >= 15 is 0 Å². The second kappa shape index (κ2) is 29.2. The molecule has 0 aliphatic heterocycles. The number of aliphatic carboxylic acids is 1. The van der Waals surface area contributed by atoms with Gasteiger partial charge in [0.15, 0.2) is 0 Å². The van der Waals surface area contributed by atoms with Crippen LogP contribution in [0.25, 0.3) is 0 Å². The molecule has 0 aliphatic rings. The van der Waals surface area contributed by atoms with Crippen molar-refractivity contribution < 1.29 is 19.4 Å². The average Bonchev–Trinajstić information content (AvgIpc) is 2.88. The van der Waals surface area contributed by atoms with Crippen LogP contribution in [-0.4, -0.2) is 23.7 Å². The summed E-state index contributed by atoms with van der Waals surface area (Å²) in [4.78, 5) is 23.0. The van der Waals surface area contributed by atoms with Gasteiger partial charge in [-0.2, -0.15) is 0 Å². The van der Waals surface area contributed by atoms with Crippen LogP contribution in [0.2, 0.25) is 0 Å². The summed E-state index contributed by atoms with van der Waals surface area (Å²) in [5.74, 6) is -1.74. The number of allylic oxidation sites excluding steroid dienone is 2. The van der Waals surface area contributed by atoms with Crippen LogP contribution in [0, 0.1) is 5.92 Å². The zero-order valence-electron chi connectivity index (χ0n) is 24.8. The minimum absolute atomic E-state index is 0.113. The van der Waals surface area contributed by atoms with Gasteiger partial charge in [0.1, 0.15) is 0 Å². The Balaban J connectivity index is 3.39. The van der Waals surface area contributed by atoms with Gasteiger partial charge in [-0.25, -0.2) is 0 Å². The Labute approximate surface area is 230 Å². The van der Waals surface area contributed by atoms with Crippen molar-refractivity contribution in [3.05, 3.63) is 12.2 Å². The third-order valence-electron chi connectivity index (χ3n) is 7.27. The second-order valence-electron chi connectivity index (χ2n) is 11.0. The molecule has 1 N–H and O–H groups in total. The summed E-state index contributed by atoms with van der Waals surface area (Å²) >= 11 is 0. The summed E-state index contributed by atoms with van der Waals surface area (Å²) in [6, 6.07) is 0. The van der Waals surface area contributed by atoms with E-state index in [0.29, 0.717) is 13.0 Å². The van der Waals surface area contributed by atoms with Crippen LogP contribution < -0.4 is 0 Å². The van der Waals surface area contributed by atoms with Gasteiger partial charge in [0.05, 0.1) is 18.9 Å². The number of carboxylic acid groups (broad SMARTS) is 1. The van der Waals surface area contributed by atoms with Crippen molar-refractivity contribution in [2.45, 2.75) is 174 Å². The lowest BCUT2D eigenvalue weighted by Gasteiger charge is -2.13. The molecule has 0 saturated carbocycles. The SMILES string of the molecule is CCCCCCCCCCC/C=C/CCCCCCCCCCCCCC(CC(=O)O)C(=O)OCCC. The number of hydrogen-bond acceptors (Lipinski definition) is 3. The van der Waals surface area contributed by atoms with Crippen molar-refractivity contribution in [3.8, 4) is 0 Å². The van der Waals surface area contributed by atoms with Crippen molar-refractivity contribution in [1.29, 1.82) is 0 Å². The Morgan fingerprint density at radius 3 is 1.41 bits per heavy atom. The summed E-state index contributed by atoms with van der Waals surface area (Å²) in [6.07, 6.45) is 35.1. The highest BCUT2D eigenvalue weighted by molar-refractivity contribution is 5.79. The van der Waals surface area contributed by atoms with E-state index in [1.807, 2.05) is 6.92 Å². The van der Waals surface area contributed by atoms with Crippen LogP contribution in [0.15, 0.2) is 12.2 Å². The molecule has 0 radical (unpaired) electrons. The molecule has 0 aromatic carbocycles. The fourth-order valence-corrected chi connectivity index (χ4v) is 4.89. The van der Waals surface area contributed by atoms with Gasteiger partial charge in [-0.15, -0.1) is 0 Å². The predicted molar refractivity (Wildman–Crippen MR) is 158 cm³/mol. The normalized spacial score (nSPS) is 12.3. The Morgan fingerprint density at radius 2 is 1.00 bits per heavy atom. The highest BCUT2D eigenvalue weighted by Gasteiger charge is 2.22. The van der Waals surface area contributed by atoms with Crippen molar-refractivity contribution >= 4 is 11.9 Å². The van der Waals surface area contributed by atoms with Crippen molar-refractivity contribution in [3.63, 3.8) is 0 Å². The fourth-order valence-electron chi connectivity index (χ4n) is 4.89. The number of esters is 1. The van der Waals surface area contributed by atoms with Gasteiger partial charge in [-0.1, -0.05) is 142 Å². The van der Waals surface area contributed by atoms with Crippen molar-refractivity contribution in [1.82, 2.24) is 0 Å². The first-order valence-corrected chi connectivity index (χ1v) is 16.1. The van der Waals surface area contributed by atoms with Crippen LogP contribution in [0.3, 0.4) is 0 Å². The molecule has 4 nitrogen and oxygen atoms in total. The molecular formula is C33H62O4. The van der Waals surface area contributed by atoms with Gasteiger partial charge < -0.3 is 9.84 Å². The third-order valence-corrected chi connectivity index (χ3v) is 7.27. The van der Waals surface area contributed by atoms with E-state index < -0.39 is 11.9 Å². The molecule has 0 amide bonds. The number of hydrogen-bond donors (Lipinski definition) is 1. The monoisotopic (exact) mass is 522 g/mol. The first-order chi connectivity index (χ1) is 18.1. The first kappa shape index (κ1) is 35.7. The van der Waals surface area contributed by atoms with Crippen LogP contribution in [-0.2, 0) is 14.3 Å². The highest BCUT2D eigenvalue weighted by Crippen LogP contribution is 2.18. The molecule has 0 heterocycles. The minimum Gasteiger partial charge on any atom is -0.481 e. The first-order valence-electron chi connectivity index (χ1n) is 16.1. The van der Waals surface area contributed by atoms with E-state index in [1.165, 1.54) is 128 Å². The molecule has 0 aliphatic carbocycles. The van der Waals surface area contributed by atoms with E-state index in [2.05, 4.69) is 19.1 Å². The lowest BCUT2D eigenvalue weighted by Crippen LogP contribution is -2.21. The summed E-state index contributed by atoms with van der Waals surface area (Å²) < 4.78 is 5.15. The molecule has 0 saturated heterocycles. The molecule has 0 spiro atoms. The van der Waals surface area contributed by atoms with Crippen LogP contribution in [0.4, 0.5) is 0 Å². The van der Waals surface area contributed by atoms with Gasteiger partial charge in [0.25, 0.3) is 0 Å². The molecule has 4 heteroatoms. The van der Waals surface area contributed by atoms with E-state index in [4.69, 9.17) is 9.84 Å². The molecule has 218 valence electrons. The highest BCUT2D eigenvalue weighted by atomic mass is 16.5. The maximum absolute atomic E-state index is 12.0. The van der Waals surface area contributed by atoms with Gasteiger partial charge >= 0.3 is 11.9 Å². The molecule has 0 aromatic heterocycles. The van der Waals surface area contributed by atoms with Gasteiger partial charge in [0.2, 0.25) is 0 Å². The largest absolute Gasteiger partial charge is 0.481 e. The number of carboxylic acids is 1. The van der Waals surface area contributed by atoms with Gasteiger partial charge in [-0.05, 0) is 38.5 Å². The van der Waals surface area contributed by atoms with Gasteiger partial charge in [0, 0.05) is 0 Å². The summed E-state index contributed by atoms with van der Waals surface area (Å²) in [6.45, 7) is 4.61. The van der Waals surface area contributed by atoms with Crippen LogP contribution >= 0.6 is 0 Å². The standard InChI is InChI=1S/C33H62O4/c1-3-5-6-7-8-9-10-11-12-13-14-15-16-17-18-19-20-21-22-23-24-25-26-27-28-31(30-32(34)35)33(36)37-29-4-2/h14-15,31H,3-13,16-30H2,1-2H3,(H,34,35)/b15-14+. The van der Waals surface area contributed by atoms with Crippen molar-refractivity contribution in [2.24, 2.45) is 5.92 Å². The Hall–Kier alpha value is -1.32. The molecule has 37 heavy (non-hydrogen) atoms. The smallest absolute Gasteiger partial charge is 0.309 e. The van der Waals surface area contributed by atoms with E-state index in [1.54, 1.807) is 0 Å². The average molecular weight is 523 g/mol. The molecule has 0 rings (SSSR count). The van der Waals surface area contributed by atoms with Crippen LogP contribution in [0.1, 0.15) is 174 Å². The number of ether oxygens (including phenoxy) is 1. The zero-order valence-corrected chi connectivity index (χ0v) is 24.8. The third kappa shape index (κ3) is 27.5. The second-order valence-corrected chi connectivity index (χ2v) is 11.0. The number of rotatable bonds is 29. The quantitative estimate of drug-likeness (QED) is 0.0602. The fraction of sp³-hybridized carbons (Fsp3) is 0.879. The minimum atomic E-state index is -0.917. The van der Waals surface area contributed by atoms with Crippen molar-refractivity contribution in [2.75, 3.05) is 6.61 Å². The Kier molecular flexibility index (Phi) is 28.2. The maximum Gasteiger partial charge on any atom is 0.309 e. The molecular weight excluding hydrogens is 460 g/mol. The molecule has 0 bridgehead atoms. The zero-order chi connectivity index (χ0) is 27.2. The number of carbonyl (C=O) groups is 2. The van der Waals surface area contributed by atoms with E-state index in [-0.39, 0.29) is 12.4 Å². The number of unbranched alkanes of at least 4 members (excludes halogenated alkanes) is 20. The Morgan fingerprint density at radius 1 is 0.595 bits per heavy atom. The number of carbonyl (C=O) groups excluding carboxylic acids is 1. The molecule has 0 fully saturated rings. The summed E-state index contributed by atoms with van der Waals surface area (Å²) in [7, 11) is 0. The maximum atomic E-state index is 12.0. The van der Waals surface area contributed by atoms with Crippen LogP contribution in [0.5, 0.6) is 0 Å². The molecule has 1 atom stereocenters. The lowest BCUT2D eigenvalue weighted by atomic mass is 9.97. The topological polar surface area (TPSA) is 63.6 Å². The predicted octanol–water partition coefficient (Wildman–Crippen LogP) is 10.6. The van der Waals surface area contributed by atoms with E-state index in [9.17, 15) is 9.59 Å². The Bertz CT molecular complexity index is 528. The molecule has 1 unspecified atom stereocenters.